The van der Waals surface area contributed by atoms with Crippen molar-refractivity contribution < 1.29 is 14.4 Å². The molecule has 8 heteroatoms. The van der Waals surface area contributed by atoms with E-state index in [1.807, 2.05) is 12.1 Å². The number of carbonyl (C=O) groups excluding carboxylic acids is 3. The van der Waals surface area contributed by atoms with Crippen molar-refractivity contribution in [3.05, 3.63) is 35.4 Å². The maximum atomic E-state index is 12.6. The van der Waals surface area contributed by atoms with E-state index in [9.17, 15) is 14.4 Å². The van der Waals surface area contributed by atoms with Crippen LogP contribution in [-0.2, 0) is 16.1 Å². The molecule has 1 N–H and O–H groups in total. The van der Waals surface area contributed by atoms with Crippen molar-refractivity contribution in [2.75, 3.05) is 44.4 Å². The zero-order chi connectivity index (χ0) is 20.1. The Bertz CT molecular complexity index is 721. The summed E-state index contributed by atoms with van der Waals surface area (Å²) in [6.07, 6.45) is 0. The number of nitrogens with one attached hydrogen (secondary N) is 1. The van der Waals surface area contributed by atoms with Crippen LogP contribution < -0.4 is 5.32 Å². The number of rotatable bonds is 8. The fourth-order valence-corrected chi connectivity index (χ4v) is 4.69. The van der Waals surface area contributed by atoms with Gasteiger partial charge in [0.15, 0.2) is 0 Å². The molecule has 2 fully saturated rings. The number of benzene rings is 1. The van der Waals surface area contributed by atoms with Crippen molar-refractivity contribution >= 4 is 29.5 Å². The third-order valence-electron chi connectivity index (χ3n) is 5.32. The van der Waals surface area contributed by atoms with E-state index in [0.717, 1.165) is 25.2 Å². The molecular weight excluding hydrogens is 376 g/mol. The lowest BCUT2D eigenvalue weighted by atomic mass is 10.1. The molecule has 0 aromatic heterocycles. The summed E-state index contributed by atoms with van der Waals surface area (Å²) in [4.78, 5) is 42.7. The first-order valence-electron chi connectivity index (χ1n) is 9.79. The van der Waals surface area contributed by atoms with Gasteiger partial charge in [0.25, 0.3) is 5.91 Å². The molecule has 0 saturated carbocycles. The maximum Gasteiger partial charge on any atom is 0.251 e. The van der Waals surface area contributed by atoms with Crippen LogP contribution in [0.15, 0.2) is 24.3 Å². The third-order valence-corrected chi connectivity index (χ3v) is 6.34. The van der Waals surface area contributed by atoms with Crippen molar-refractivity contribution in [3.8, 4) is 0 Å². The van der Waals surface area contributed by atoms with Gasteiger partial charge in [-0.15, -0.1) is 11.8 Å². The molecule has 28 heavy (non-hydrogen) atoms. The predicted octanol–water partition coefficient (Wildman–Crippen LogP) is 1.00. The van der Waals surface area contributed by atoms with Gasteiger partial charge >= 0.3 is 0 Å². The number of carbonyl (C=O) groups is 3. The third kappa shape index (κ3) is 4.67. The molecule has 3 amide bonds. The van der Waals surface area contributed by atoms with Crippen LogP contribution >= 0.6 is 11.8 Å². The quantitative estimate of drug-likeness (QED) is 0.700. The van der Waals surface area contributed by atoms with Gasteiger partial charge in [-0.2, -0.15) is 0 Å². The number of likely N-dealkylation sites (N-methyl/N-ethyl adjacent to an activating group) is 1. The highest BCUT2D eigenvalue weighted by Crippen LogP contribution is 2.26. The van der Waals surface area contributed by atoms with Crippen LogP contribution in [0, 0.1) is 0 Å². The van der Waals surface area contributed by atoms with E-state index in [1.54, 1.807) is 33.7 Å². The van der Waals surface area contributed by atoms with E-state index < -0.39 is 0 Å². The maximum absolute atomic E-state index is 12.6. The van der Waals surface area contributed by atoms with Gasteiger partial charge in [0, 0.05) is 31.0 Å². The molecule has 2 heterocycles. The van der Waals surface area contributed by atoms with Crippen molar-refractivity contribution in [1.29, 1.82) is 0 Å². The Balaban J connectivity index is 1.53. The fraction of sp³-hybridized carbons (Fsp3) is 0.550. The number of hydrogen-bond donors (Lipinski definition) is 1. The molecule has 7 nitrogen and oxygen atoms in total. The molecular formula is C20H28N4O3S. The SMILES string of the molecule is CCN(CC)CCNC(=O)c1ccc(CN2CC(=O)N3CSCC3C2=O)cc1. The Labute approximate surface area is 170 Å². The van der Waals surface area contributed by atoms with E-state index in [1.165, 1.54) is 0 Å². The zero-order valence-electron chi connectivity index (χ0n) is 16.5. The number of hydrogen-bond acceptors (Lipinski definition) is 5. The van der Waals surface area contributed by atoms with Crippen LogP contribution in [0.4, 0.5) is 0 Å². The van der Waals surface area contributed by atoms with Gasteiger partial charge in [-0.25, -0.2) is 0 Å². The summed E-state index contributed by atoms with van der Waals surface area (Å²) in [6.45, 7) is 8.11. The minimum Gasteiger partial charge on any atom is -0.351 e. The van der Waals surface area contributed by atoms with Gasteiger partial charge in [-0.3, -0.25) is 14.4 Å². The van der Waals surface area contributed by atoms with Crippen molar-refractivity contribution in [3.63, 3.8) is 0 Å². The first-order valence-corrected chi connectivity index (χ1v) is 10.9. The second kappa shape index (κ2) is 9.43. The molecule has 1 unspecified atom stereocenters. The first-order chi connectivity index (χ1) is 13.5. The van der Waals surface area contributed by atoms with Crippen LogP contribution in [0.3, 0.4) is 0 Å². The second-order valence-electron chi connectivity index (χ2n) is 7.05. The highest BCUT2D eigenvalue weighted by atomic mass is 32.2. The van der Waals surface area contributed by atoms with Gasteiger partial charge < -0.3 is 20.0 Å². The summed E-state index contributed by atoms with van der Waals surface area (Å²) < 4.78 is 0. The lowest BCUT2D eigenvalue weighted by molar-refractivity contribution is -0.153. The molecule has 152 valence electrons. The fourth-order valence-electron chi connectivity index (χ4n) is 3.52. The summed E-state index contributed by atoms with van der Waals surface area (Å²) >= 11 is 1.62. The number of piperazine rings is 1. The molecule has 1 atom stereocenters. The largest absolute Gasteiger partial charge is 0.351 e. The highest BCUT2D eigenvalue weighted by Gasteiger charge is 2.42. The predicted molar refractivity (Wildman–Crippen MR) is 110 cm³/mol. The molecule has 0 bridgehead atoms. The average Bonchev–Trinajstić information content (AvgIpc) is 3.20. The standard InChI is InChI=1S/C20H28N4O3S/c1-3-22(4-2)10-9-21-19(26)16-7-5-15(6-8-16)11-23-12-18(25)24-14-28-13-17(24)20(23)27/h5-8,17H,3-4,9-14H2,1-2H3,(H,21,26). The van der Waals surface area contributed by atoms with Crippen LogP contribution in [0.5, 0.6) is 0 Å². The molecule has 0 spiro atoms. The van der Waals surface area contributed by atoms with E-state index in [2.05, 4.69) is 24.1 Å². The zero-order valence-corrected chi connectivity index (χ0v) is 17.3. The van der Waals surface area contributed by atoms with Crippen molar-refractivity contribution in [2.24, 2.45) is 0 Å². The van der Waals surface area contributed by atoms with E-state index in [-0.39, 0.29) is 30.3 Å². The van der Waals surface area contributed by atoms with Crippen LogP contribution in [-0.4, -0.2) is 82.8 Å². The average molecular weight is 405 g/mol. The smallest absolute Gasteiger partial charge is 0.251 e. The highest BCUT2D eigenvalue weighted by molar-refractivity contribution is 7.99. The minimum atomic E-state index is -0.317. The monoisotopic (exact) mass is 404 g/mol. The summed E-state index contributed by atoms with van der Waals surface area (Å²) in [5, 5.41) is 2.94. The number of nitrogens with zero attached hydrogens (tertiary/aromatic N) is 3. The molecule has 2 aliphatic heterocycles. The van der Waals surface area contributed by atoms with Gasteiger partial charge in [0.05, 0.1) is 5.88 Å². The summed E-state index contributed by atoms with van der Waals surface area (Å²) in [5.74, 6) is 1.22. The molecule has 2 aliphatic rings. The van der Waals surface area contributed by atoms with Gasteiger partial charge in [-0.05, 0) is 30.8 Å². The first kappa shape index (κ1) is 20.7. The lowest BCUT2D eigenvalue weighted by Crippen LogP contribution is -2.57. The minimum absolute atomic E-state index is 0.0128. The topological polar surface area (TPSA) is 73.0 Å². The number of amides is 3. The Kier molecular flexibility index (Phi) is 6.96. The Hall–Kier alpha value is -2.06. The molecule has 1 aromatic carbocycles. The van der Waals surface area contributed by atoms with Gasteiger partial charge in [0.1, 0.15) is 12.6 Å². The molecule has 0 aliphatic carbocycles. The Morgan fingerprint density at radius 1 is 1.21 bits per heavy atom. The van der Waals surface area contributed by atoms with Crippen LogP contribution in [0.2, 0.25) is 0 Å². The van der Waals surface area contributed by atoms with E-state index in [4.69, 9.17) is 0 Å². The summed E-state index contributed by atoms with van der Waals surface area (Å²) in [5.41, 5.74) is 1.52. The molecule has 2 saturated heterocycles. The van der Waals surface area contributed by atoms with Crippen molar-refractivity contribution in [1.82, 2.24) is 20.0 Å². The Morgan fingerprint density at radius 3 is 2.61 bits per heavy atom. The van der Waals surface area contributed by atoms with Crippen molar-refractivity contribution in [2.45, 2.75) is 26.4 Å². The van der Waals surface area contributed by atoms with Crippen LogP contribution in [0.1, 0.15) is 29.8 Å². The lowest BCUT2D eigenvalue weighted by Gasteiger charge is -2.35. The number of fused-ring (bicyclic) bond motifs is 1. The normalized spacial score (nSPS) is 19.3. The van der Waals surface area contributed by atoms with Crippen LogP contribution in [0.25, 0.3) is 0 Å². The summed E-state index contributed by atoms with van der Waals surface area (Å²) in [7, 11) is 0. The summed E-state index contributed by atoms with van der Waals surface area (Å²) in [6, 6.07) is 6.94. The number of thioether (sulfide) groups is 1. The molecule has 3 rings (SSSR count). The molecule has 0 radical (unpaired) electrons. The van der Waals surface area contributed by atoms with E-state index in [0.29, 0.717) is 30.3 Å². The molecule has 1 aromatic rings. The van der Waals surface area contributed by atoms with Gasteiger partial charge in [0.2, 0.25) is 11.8 Å². The Morgan fingerprint density at radius 2 is 1.93 bits per heavy atom. The van der Waals surface area contributed by atoms with Gasteiger partial charge in [-0.1, -0.05) is 26.0 Å². The second-order valence-corrected chi connectivity index (χ2v) is 8.05. The van der Waals surface area contributed by atoms with E-state index >= 15 is 0 Å².